The molecule has 1 N–H and O–H groups in total. The summed E-state index contributed by atoms with van der Waals surface area (Å²) in [7, 11) is 0. The normalized spacial score (nSPS) is 10.0. The maximum Gasteiger partial charge on any atom is 0.159 e. The van der Waals surface area contributed by atoms with Crippen molar-refractivity contribution in [2.75, 3.05) is 5.32 Å². The highest BCUT2D eigenvalue weighted by Gasteiger charge is 2.07. The molecule has 106 valence electrons. The van der Waals surface area contributed by atoms with Crippen LogP contribution in [0.15, 0.2) is 40.9 Å². The lowest BCUT2D eigenvalue weighted by Crippen LogP contribution is -2.03. The van der Waals surface area contributed by atoms with Crippen LogP contribution >= 0.6 is 15.9 Å². The number of Topliss-reactive ketones (excluding diaryl/α,β-unsaturated/α-hetero) is 1. The number of nitrogens with one attached hydrogen (secondary N) is 1. The SMILES string of the molecule is CC(=O)c1ccc(C#N)c(NCc2ccc(Br)c(F)c2)c1. The lowest BCUT2D eigenvalue weighted by atomic mass is 10.1. The number of benzene rings is 2. The van der Waals surface area contributed by atoms with Crippen LogP contribution in [0.25, 0.3) is 0 Å². The van der Waals surface area contributed by atoms with Crippen molar-refractivity contribution in [3.8, 4) is 6.07 Å². The van der Waals surface area contributed by atoms with E-state index in [4.69, 9.17) is 5.26 Å². The maximum atomic E-state index is 13.4. The first-order chi connectivity index (χ1) is 10.0. The van der Waals surface area contributed by atoms with Gasteiger partial charge in [0.2, 0.25) is 0 Å². The van der Waals surface area contributed by atoms with Crippen LogP contribution in [-0.4, -0.2) is 5.78 Å². The van der Waals surface area contributed by atoms with Gasteiger partial charge < -0.3 is 5.32 Å². The Morgan fingerprint density at radius 3 is 2.71 bits per heavy atom. The zero-order chi connectivity index (χ0) is 15.4. The Morgan fingerprint density at radius 1 is 1.33 bits per heavy atom. The van der Waals surface area contributed by atoms with Gasteiger partial charge in [0.25, 0.3) is 0 Å². The predicted octanol–water partition coefficient (Wildman–Crippen LogP) is 4.27. The average molecular weight is 347 g/mol. The minimum absolute atomic E-state index is 0.0720. The van der Waals surface area contributed by atoms with Crippen molar-refractivity contribution >= 4 is 27.4 Å². The smallest absolute Gasteiger partial charge is 0.159 e. The Labute approximate surface area is 130 Å². The summed E-state index contributed by atoms with van der Waals surface area (Å²) < 4.78 is 13.9. The van der Waals surface area contributed by atoms with E-state index in [0.717, 1.165) is 5.56 Å². The number of carbonyl (C=O) groups excluding carboxylic acids is 1. The molecule has 0 heterocycles. The Hall–Kier alpha value is -2.19. The molecule has 0 spiro atoms. The van der Waals surface area contributed by atoms with Gasteiger partial charge in [0, 0.05) is 12.1 Å². The van der Waals surface area contributed by atoms with Gasteiger partial charge in [0.1, 0.15) is 11.9 Å². The highest BCUT2D eigenvalue weighted by atomic mass is 79.9. The lowest BCUT2D eigenvalue weighted by Gasteiger charge is -2.10. The van der Waals surface area contributed by atoms with E-state index in [-0.39, 0.29) is 11.6 Å². The van der Waals surface area contributed by atoms with Crippen molar-refractivity contribution < 1.29 is 9.18 Å². The molecule has 2 aromatic rings. The van der Waals surface area contributed by atoms with Crippen LogP contribution in [0.2, 0.25) is 0 Å². The number of ketones is 1. The first kappa shape index (κ1) is 15.2. The zero-order valence-corrected chi connectivity index (χ0v) is 12.9. The van der Waals surface area contributed by atoms with Gasteiger partial charge in [-0.2, -0.15) is 5.26 Å². The quantitative estimate of drug-likeness (QED) is 0.840. The van der Waals surface area contributed by atoms with Crippen LogP contribution in [0.3, 0.4) is 0 Å². The van der Waals surface area contributed by atoms with Gasteiger partial charge in [-0.25, -0.2) is 4.39 Å². The highest BCUT2D eigenvalue weighted by molar-refractivity contribution is 9.10. The maximum absolute atomic E-state index is 13.4. The molecule has 21 heavy (non-hydrogen) atoms. The van der Waals surface area contributed by atoms with Gasteiger partial charge in [-0.1, -0.05) is 6.07 Å². The number of nitriles is 1. The molecule has 0 aliphatic carbocycles. The summed E-state index contributed by atoms with van der Waals surface area (Å²) >= 11 is 3.10. The molecular weight excluding hydrogens is 335 g/mol. The molecule has 2 rings (SSSR count). The summed E-state index contributed by atoms with van der Waals surface area (Å²) in [5.41, 5.74) is 2.28. The number of carbonyl (C=O) groups is 1. The third kappa shape index (κ3) is 3.67. The van der Waals surface area contributed by atoms with Crippen LogP contribution in [0.5, 0.6) is 0 Å². The topological polar surface area (TPSA) is 52.9 Å². The Bertz CT molecular complexity index is 738. The van der Waals surface area contributed by atoms with Gasteiger partial charge in [0.15, 0.2) is 5.78 Å². The van der Waals surface area contributed by atoms with Crippen LogP contribution in [0.4, 0.5) is 10.1 Å². The van der Waals surface area contributed by atoms with E-state index in [2.05, 4.69) is 27.3 Å². The predicted molar refractivity (Wildman–Crippen MR) is 82.6 cm³/mol. The number of nitrogens with zero attached hydrogens (tertiary/aromatic N) is 1. The fourth-order valence-electron chi connectivity index (χ4n) is 1.85. The van der Waals surface area contributed by atoms with E-state index in [1.54, 1.807) is 30.3 Å². The monoisotopic (exact) mass is 346 g/mol. The minimum Gasteiger partial charge on any atom is -0.380 e. The Morgan fingerprint density at radius 2 is 2.10 bits per heavy atom. The summed E-state index contributed by atoms with van der Waals surface area (Å²) in [6, 6.07) is 11.7. The van der Waals surface area contributed by atoms with Crippen molar-refractivity contribution in [1.29, 1.82) is 5.26 Å². The highest BCUT2D eigenvalue weighted by Crippen LogP contribution is 2.20. The number of anilines is 1. The molecule has 0 radical (unpaired) electrons. The van der Waals surface area contributed by atoms with Crippen molar-refractivity contribution in [1.82, 2.24) is 0 Å². The molecule has 5 heteroatoms. The molecule has 0 saturated heterocycles. The van der Waals surface area contributed by atoms with E-state index in [9.17, 15) is 9.18 Å². The largest absolute Gasteiger partial charge is 0.380 e. The van der Waals surface area contributed by atoms with E-state index in [1.807, 2.05) is 0 Å². The standard InChI is InChI=1S/C16H12BrFN2O/c1-10(21)12-3-4-13(8-19)16(7-12)20-9-11-2-5-14(17)15(18)6-11/h2-7,20H,9H2,1H3. The van der Waals surface area contributed by atoms with Crippen molar-refractivity contribution in [3.63, 3.8) is 0 Å². The van der Waals surface area contributed by atoms with Crippen LogP contribution in [0.1, 0.15) is 28.4 Å². The first-order valence-electron chi connectivity index (χ1n) is 6.24. The average Bonchev–Trinajstić information content (AvgIpc) is 2.48. The second-order valence-electron chi connectivity index (χ2n) is 4.53. The number of halogens is 2. The van der Waals surface area contributed by atoms with Gasteiger partial charge in [-0.3, -0.25) is 4.79 Å². The molecule has 0 atom stereocenters. The number of hydrogen-bond acceptors (Lipinski definition) is 3. The third-order valence-corrected chi connectivity index (χ3v) is 3.66. The molecule has 0 aromatic heterocycles. The summed E-state index contributed by atoms with van der Waals surface area (Å²) in [4.78, 5) is 11.4. The van der Waals surface area contributed by atoms with Crippen LogP contribution in [-0.2, 0) is 6.54 Å². The number of rotatable bonds is 4. The van der Waals surface area contributed by atoms with Gasteiger partial charge in [-0.15, -0.1) is 0 Å². The van der Waals surface area contributed by atoms with E-state index in [0.29, 0.717) is 27.8 Å². The fourth-order valence-corrected chi connectivity index (χ4v) is 2.10. The summed E-state index contributed by atoms with van der Waals surface area (Å²) in [5, 5.41) is 12.2. The summed E-state index contributed by atoms with van der Waals surface area (Å²) in [6.45, 7) is 1.83. The number of hydrogen-bond donors (Lipinski definition) is 1. The molecule has 0 fully saturated rings. The van der Waals surface area contributed by atoms with Gasteiger partial charge >= 0.3 is 0 Å². The minimum atomic E-state index is -0.340. The molecule has 3 nitrogen and oxygen atoms in total. The molecule has 0 aliphatic rings. The van der Waals surface area contributed by atoms with Crippen LogP contribution in [0, 0.1) is 17.1 Å². The zero-order valence-electron chi connectivity index (χ0n) is 11.3. The first-order valence-corrected chi connectivity index (χ1v) is 7.03. The Balaban J connectivity index is 2.22. The summed E-state index contributed by atoms with van der Waals surface area (Å²) in [6.07, 6.45) is 0. The molecule has 0 aliphatic heterocycles. The summed E-state index contributed by atoms with van der Waals surface area (Å²) in [5.74, 6) is -0.412. The van der Waals surface area contributed by atoms with Crippen molar-refractivity contribution in [2.45, 2.75) is 13.5 Å². The molecule has 0 unspecified atom stereocenters. The molecule has 0 amide bonds. The van der Waals surface area contributed by atoms with Gasteiger partial charge in [0.05, 0.1) is 15.7 Å². The second kappa shape index (κ2) is 6.51. The van der Waals surface area contributed by atoms with Crippen LogP contribution < -0.4 is 5.32 Å². The molecule has 0 bridgehead atoms. The lowest BCUT2D eigenvalue weighted by molar-refractivity contribution is 0.101. The third-order valence-electron chi connectivity index (χ3n) is 3.01. The Kier molecular flexibility index (Phi) is 4.71. The van der Waals surface area contributed by atoms with Gasteiger partial charge in [-0.05, 0) is 58.7 Å². The van der Waals surface area contributed by atoms with E-state index >= 15 is 0 Å². The second-order valence-corrected chi connectivity index (χ2v) is 5.38. The molecule has 0 saturated carbocycles. The van der Waals surface area contributed by atoms with Crippen molar-refractivity contribution in [3.05, 3.63) is 63.4 Å². The molecular formula is C16H12BrFN2O. The van der Waals surface area contributed by atoms with E-state index < -0.39 is 0 Å². The molecule has 2 aromatic carbocycles. The fraction of sp³-hybridized carbons (Fsp3) is 0.125. The van der Waals surface area contributed by atoms with Crippen molar-refractivity contribution in [2.24, 2.45) is 0 Å². The van der Waals surface area contributed by atoms with E-state index in [1.165, 1.54) is 13.0 Å².